The van der Waals surface area contributed by atoms with Crippen LogP contribution in [0.1, 0.15) is 39.9 Å². The van der Waals surface area contributed by atoms with Gasteiger partial charge in [-0.1, -0.05) is 11.6 Å². The Morgan fingerprint density at radius 3 is 2.88 bits per heavy atom. The third-order valence-electron chi connectivity index (χ3n) is 5.07. The van der Waals surface area contributed by atoms with Crippen LogP contribution >= 0.6 is 12.6 Å². The van der Waals surface area contributed by atoms with Gasteiger partial charge in [-0.25, -0.2) is 4.79 Å². The van der Waals surface area contributed by atoms with Crippen molar-refractivity contribution in [2.75, 3.05) is 25.4 Å². The average molecular weight is 377 g/mol. The third kappa shape index (κ3) is 3.16. The molecule has 3 rings (SSSR count). The monoisotopic (exact) mass is 377 g/mol. The zero-order valence-corrected chi connectivity index (χ0v) is 16.1. The molecule has 1 atom stereocenters. The summed E-state index contributed by atoms with van der Waals surface area (Å²) in [7, 11) is 3.42. The highest BCUT2D eigenvalue weighted by atomic mass is 32.1. The smallest absolute Gasteiger partial charge is 0.341 e. The molecular formula is C19H23NO5S. The van der Waals surface area contributed by atoms with Crippen molar-refractivity contribution in [2.24, 2.45) is 5.92 Å². The molecule has 1 aliphatic carbocycles. The fraction of sp³-hybridized carbons (Fsp3) is 0.474. The second kappa shape index (κ2) is 7.61. The Bertz CT molecular complexity index is 787. The number of benzene rings is 1. The van der Waals surface area contributed by atoms with Crippen molar-refractivity contribution in [2.45, 2.75) is 32.8 Å². The van der Waals surface area contributed by atoms with Crippen LogP contribution in [0.2, 0.25) is 0 Å². The molecule has 0 spiro atoms. The molecule has 1 aromatic rings. The van der Waals surface area contributed by atoms with E-state index in [2.05, 4.69) is 24.0 Å². The van der Waals surface area contributed by atoms with Gasteiger partial charge in [0.2, 0.25) is 0 Å². The predicted octanol–water partition coefficient (Wildman–Crippen LogP) is 3.03. The number of nitrogens with one attached hydrogen (secondary N) is 1. The molecule has 1 aromatic carbocycles. The molecule has 0 saturated carbocycles. The van der Waals surface area contributed by atoms with Crippen molar-refractivity contribution in [3.63, 3.8) is 0 Å². The summed E-state index contributed by atoms with van der Waals surface area (Å²) >= 11 is 3.94. The van der Waals surface area contributed by atoms with Crippen LogP contribution < -0.4 is 10.1 Å². The highest BCUT2D eigenvalue weighted by Gasteiger charge is 2.33. The van der Waals surface area contributed by atoms with Crippen LogP contribution in [-0.4, -0.2) is 32.0 Å². The second-order valence-electron chi connectivity index (χ2n) is 6.46. The first kappa shape index (κ1) is 18.6. The molecule has 0 radical (unpaired) electrons. The number of thiol groups is 1. The van der Waals surface area contributed by atoms with E-state index >= 15 is 0 Å². The molecule has 1 unspecified atom stereocenters. The number of cyclic esters (lactones) is 1. The van der Waals surface area contributed by atoms with Crippen molar-refractivity contribution in [1.82, 2.24) is 0 Å². The van der Waals surface area contributed by atoms with Crippen LogP contribution in [0.4, 0.5) is 5.69 Å². The Labute approximate surface area is 158 Å². The maximum Gasteiger partial charge on any atom is 0.341 e. The lowest BCUT2D eigenvalue weighted by Crippen LogP contribution is -2.15. The van der Waals surface area contributed by atoms with E-state index in [9.17, 15) is 9.59 Å². The molecule has 7 heteroatoms. The van der Waals surface area contributed by atoms with Gasteiger partial charge in [-0.2, -0.15) is 0 Å². The molecule has 0 aromatic heterocycles. The van der Waals surface area contributed by atoms with Crippen LogP contribution in [0.25, 0.3) is 0 Å². The number of hydrogen-bond donors (Lipinski definition) is 2. The van der Waals surface area contributed by atoms with Crippen molar-refractivity contribution in [3.8, 4) is 5.75 Å². The number of allylic oxidation sites excluding steroid dienone is 2. The third-order valence-corrected chi connectivity index (χ3v) is 5.20. The van der Waals surface area contributed by atoms with E-state index in [0.717, 1.165) is 33.7 Å². The molecule has 0 fully saturated rings. The molecule has 0 saturated heterocycles. The molecule has 1 heterocycles. The molecule has 26 heavy (non-hydrogen) atoms. The summed E-state index contributed by atoms with van der Waals surface area (Å²) < 4.78 is 15.9. The van der Waals surface area contributed by atoms with Crippen LogP contribution in [0.5, 0.6) is 5.75 Å². The number of ether oxygens (including phenoxy) is 3. The molecule has 6 nitrogen and oxygen atoms in total. The molecular weight excluding hydrogens is 354 g/mol. The Morgan fingerprint density at radius 1 is 1.46 bits per heavy atom. The van der Waals surface area contributed by atoms with E-state index < -0.39 is 0 Å². The Kier molecular flexibility index (Phi) is 5.46. The summed E-state index contributed by atoms with van der Waals surface area (Å²) in [6.45, 7) is 2.21. The number of methoxy groups -OCH3 is 1. The normalized spacial score (nSPS) is 18.2. The van der Waals surface area contributed by atoms with Gasteiger partial charge in [0, 0.05) is 18.2 Å². The lowest BCUT2D eigenvalue weighted by Gasteiger charge is -2.20. The topological polar surface area (TPSA) is 73.9 Å². The number of rotatable bonds is 6. The highest BCUT2D eigenvalue weighted by molar-refractivity contribution is 7.80. The Hall–Kier alpha value is -2.15. The fourth-order valence-corrected chi connectivity index (χ4v) is 3.95. The van der Waals surface area contributed by atoms with Gasteiger partial charge < -0.3 is 19.5 Å². The summed E-state index contributed by atoms with van der Waals surface area (Å²) in [5, 5.41) is 3.15. The van der Waals surface area contributed by atoms with E-state index in [4.69, 9.17) is 14.2 Å². The van der Waals surface area contributed by atoms with Gasteiger partial charge in [0.25, 0.3) is 0 Å². The van der Waals surface area contributed by atoms with E-state index in [-0.39, 0.29) is 30.4 Å². The molecule has 1 N–H and O–H groups in total. The SMILES string of the molecule is CNc1c(CC2=CCC(C(=O)OCS)C2)c(OC)c(C)c2c1C(=O)OC2. The molecule has 0 amide bonds. The van der Waals surface area contributed by atoms with E-state index in [0.29, 0.717) is 24.8 Å². The summed E-state index contributed by atoms with van der Waals surface area (Å²) in [4.78, 5) is 24.2. The quantitative estimate of drug-likeness (QED) is 0.344. The summed E-state index contributed by atoms with van der Waals surface area (Å²) in [5.74, 6) is 0.150. The fourth-order valence-electron chi connectivity index (χ4n) is 3.83. The Balaban J connectivity index is 1.93. The first-order valence-electron chi connectivity index (χ1n) is 8.54. The van der Waals surface area contributed by atoms with Crippen molar-refractivity contribution in [1.29, 1.82) is 0 Å². The van der Waals surface area contributed by atoms with Crippen molar-refractivity contribution >= 4 is 30.3 Å². The molecule has 0 bridgehead atoms. The van der Waals surface area contributed by atoms with Gasteiger partial charge >= 0.3 is 11.9 Å². The number of fused-ring (bicyclic) bond motifs is 1. The first-order valence-corrected chi connectivity index (χ1v) is 9.17. The minimum Gasteiger partial charge on any atom is -0.496 e. The van der Waals surface area contributed by atoms with Crippen LogP contribution in [0.15, 0.2) is 11.6 Å². The van der Waals surface area contributed by atoms with Crippen molar-refractivity contribution < 1.29 is 23.8 Å². The van der Waals surface area contributed by atoms with Crippen LogP contribution in [0.3, 0.4) is 0 Å². The standard InChI is InChI=1S/C19H23NO5S/c1-10-14-8-24-19(22)15(14)16(20-2)13(17(10)23-3)7-11-4-5-12(6-11)18(21)25-9-26/h4,12,20,26H,5-9H2,1-3H3. The zero-order chi connectivity index (χ0) is 18.8. The predicted molar refractivity (Wildman–Crippen MR) is 101 cm³/mol. The maximum atomic E-state index is 12.2. The van der Waals surface area contributed by atoms with Gasteiger partial charge in [-0.3, -0.25) is 4.79 Å². The number of carbonyl (C=O) groups excluding carboxylic acids is 2. The van der Waals surface area contributed by atoms with E-state index in [1.807, 2.05) is 6.92 Å². The number of esters is 2. The summed E-state index contributed by atoms with van der Waals surface area (Å²) in [6, 6.07) is 0. The minimum absolute atomic E-state index is 0.0918. The Morgan fingerprint density at radius 2 is 2.23 bits per heavy atom. The van der Waals surface area contributed by atoms with Crippen LogP contribution in [0, 0.1) is 12.8 Å². The molecule has 1 aliphatic heterocycles. The van der Waals surface area contributed by atoms with E-state index in [1.165, 1.54) is 0 Å². The first-order chi connectivity index (χ1) is 12.5. The van der Waals surface area contributed by atoms with Gasteiger partial charge in [-0.05, 0) is 31.7 Å². The number of carbonyl (C=O) groups is 2. The van der Waals surface area contributed by atoms with Gasteiger partial charge in [0.1, 0.15) is 18.3 Å². The zero-order valence-electron chi connectivity index (χ0n) is 15.2. The maximum absolute atomic E-state index is 12.2. The van der Waals surface area contributed by atoms with E-state index in [1.54, 1.807) is 14.2 Å². The van der Waals surface area contributed by atoms with Gasteiger partial charge in [0.05, 0.1) is 24.3 Å². The number of anilines is 1. The lowest BCUT2D eigenvalue weighted by atomic mass is 9.91. The molecule has 2 aliphatic rings. The average Bonchev–Trinajstić information content (AvgIpc) is 3.24. The van der Waals surface area contributed by atoms with Crippen molar-refractivity contribution in [3.05, 3.63) is 33.9 Å². The minimum atomic E-state index is -0.313. The summed E-state index contributed by atoms with van der Waals surface area (Å²) in [6.07, 6.45) is 3.97. The van der Waals surface area contributed by atoms with Gasteiger partial charge in [0.15, 0.2) is 0 Å². The lowest BCUT2D eigenvalue weighted by molar-refractivity contribution is -0.145. The number of hydrogen-bond acceptors (Lipinski definition) is 7. The second-order valence-corrected chi connectivity index (χ2v) is 6.72. The highest BCUT2D eigenvalue weighted by Crippen LogP contribution is 2.43. The van der Waals surface area contributed by atoms with Gasteiger partial charge in [-0.15, -0.1) is 12.6 Å². The summed E-state index contributed by atoms with van der Waals surface area (Å²) in [5.41, 5.74) is 5.17. The largest absolute Gasteiger partial charge is 0.496 e. The van der Waals surface area contributed by atoms with Crippen LogP contribution in [-0.2, 0) is 27.3 Å². The molecule has 140 valence electrons.